The molecule has 0 aromatic carbocycles. The molecule has 0 saturated carbocycles. The maximum absolute atomic E-state index is 12.8. The summed E-state index contributed by atoms with van der Waals surface area (Å²) in [6, 6.07) is 3.68. The van der Waals surface area contributed by atoms with Gasteiger partial charge in [0, 0.05) is 18.2 Å². The Hall–Kier alpha value is -2.28. The van der Waals surface area contributed by atoms with Crippen LogP contribution in [0.15, 0.2) is 16.5 Å². The number of rotatable bonds is 3. The molecule has 1 amide bonds. The molecular formula is C17H22N4O3. The first-order valence-corrected chi connectivity index (χ1v) is 8.14. The van der Waals surface area contributed by atoms with Crippen LogP contribution in [0.5, 0.6) is 0 Å². The fourth-order valence-corrected chi connectivity index (χ4v) is 2.68. The van der Waals surface area contributed by atoms with Crippen molar-refractivity contribution >= 4 is 5.91 Å². The summed E-state index contributed by atoms with van der Waals surface area (Å²) in [5.74, 6) is 1.12. The molecule has 0 spiro atoms. The van der Waals surface area contributed by atoms with Crippen molar-refractivity contribution in [3.63, 3.8) is 0 Å². The lowest BCUT2D eigenvalue weighted by Gasteiger charge is -2.31. The van der Waals surface area contributed by atoms with E-state index in [0.717, 1.165) is 11.4 Å². The lowest BCUT2D eigenvalue weighted by molar-refractivity contribution is -0.0351. The fraction of sp³-hybridized carbons (Fsp3) is 0.529. The number of hydrogen-bond acceptors (Lipinski definition) is 6. The number of morpholine rings is 1. The number of pyridine rings is 1. The summed E-state index contributed by atoms with van der Waals surface area (Å²) in [6.45, 7) is 9.11. The van der Waals surface area contributed by atoms with Crippen molar-refractivity contribution in [3.05, 3.63) is 40.9 Å². The molecule has 1 aliphatic heterocycles. The van der Waals surface area contributed by atoms with E-state index < -0.39 is 0 Å². The minimum atomic E-state index is -0.388. The summed E-state index contributed by atoms with van der Waals surface area (Å²) in [7, 11) is 0. The Morgan fingerprint density at radius 1 is 1.29 bits per heavy atom. The van der Waals surface area contributed by atoms with E-state index in [0.29, 0.717) is 37.0 Å². The SMILES string of the molecule is Cc1ccc(C(=O)N2CCO[C@H](c3nnc(C(C)C)o3)C2)c(C)n1. The Labute approximate surface area is 141 Å². The maximum Gasteiger partial charge on any atom is 0.255 e. The molecule has 0 aliphatic carbocycles. The summed E-state index contributed by atoms with van der Waals surface area (Å²) in [5.41, 5.74) is 2.26. The van der Waals surface area contributed by atoms with Gasteiger partial charge in [0.15, 0.2) is 6.10 Å². The van der Waals surface area contributed by atoms with Gasteiger partial charge in [-0.15, -0.1) is 10.2 Å². The Balaban J connectivity index is 1.76. The van der Waals surface area contributed by atoms with Crippen LogP contribution in [0.1, 0.15) is 59.4 Å². The molecular weight excluding hydrogens is 308 g/mol. The molecule has 1 fully saturated rings. The average molecular weight is 330 g/mol. The quantitative estimate of drug-likeness (QED) is 0.859. The van der Waals surface area contributed by atoms with Crippen molar-refractivity contribution in [1.82, 2.24) is 20.1 Å². The number of hydrogen-bond donors (Lipinski definition) is 0. The van der Waals surface area contributed by atoms with Crippen LogP contribution in [0.2, 0.25) is 0 Å². The molecule has 24 heavy (non-hydrogen) atoms. The van der Waals surface area contributed by atoms with Gasteiger partial charge in [-0.05, 0) is 26.0 Å². The number of aryl methyl sites for hydroxylation is 2. The Bertz CT molecular complexity index is 741. The van der Waals surface area contributed by atoms with Gasteiger partial charge in [-0.3, -0.25) is 9.78 Å². The average Bonchev–Trinajstić information content (AvgIpc) is 3.05. The molecule has 1 aliphatic rings. The van der Waals surface area contributed by atoms with Crippen LogP contribution in [-0.4, -0.2) is 45.7 Å². The molecule has 3 heterocycles. The van der Waals surface area contributed by atoms with E-state index in [1.807, 2.05) is 39.8 Å². The van der Waals surface area contributed by atoms with E-state index in [2.05, 4.69) is 15.2 Å². The number of aromatic nitrogens is 3. The highest BCUT2D eigenvalue weighted by Crippen LogP contribution is 2.24. The van der Waals surface area contributed by atoms with Crippen molar-refractivity contribution in [2.75, 3.05) is 19.7 Å². The van der Waals surface area contributed by atoms with Crippen LogP contribution < -0.4 is 0 Å². The minimum Gasteiger partial charge on any atom is -0.422 e. The molecule has 2 aromatic heterocycles. The van der Waals surface area contributed by atoms with Crippen LogP contribution in [0.25, 0.3) is 0 Å². The van der Waals surface area contributed by atoms with E-state index >= 15 is 0 Å². The largest absolute Gasteiger partial charge is 0.422 e. The van der Waals surface area contributed by atoms with Crippen LogP contribution >= 0.6 is 0 Å². The minimum absolute atomic E-state index is 0.0445. The van der Waals surface area contributed by atoms with E-state index in [4.69, 9.17) is 9.15 Å². The van der Waals surface area contributed by atoms with E-state index in [1.54, 1.807) is 4.90 Å². The molecule has 7 heteroatoms. The molecule has 0 unspecified atom stereocenters. The highest BCUT2D eigenvalue weighted by atomic mass is 16.5. The first-order chi connectivity index (χ1) is 11.5. The third kappa shape index (κ3) is 3.31. The van der Waals surface area contributed by atoms with Gasteiger partial charge in [0.1, 0.15) is 0 Å². The predicted molar refractivity (Wildman–Crippen MR) is 86.7 cm³/mol. The molecule has 1 atom stereocenters. The van der Waals surface area contributed by atoms with Crippen LogP contribution in [-0.2, 0) is 4.74 Å². The Kier molecular flexibility index (Phi) is 4.62. The zero-order valence-corrected chi connectivity index (χ0v) is 14.4. The van der Waals surface area contributed by atoms with Gasteiger partial charge in [0.2, 0.25) is 11.8 Å². The van der Waals surface area contributed by atoms with Crippen LogP contribution in [0, 0.1) is 13.8 Å². The summed E-state index contributed by atoms with van der Waals surface area (Å²) in [4.78, 5) is 18.9. The van der Waals surface area contributed by atoms with Crippen LogP contribution in [0.3, 0.4) is 0 Å². The summed E-state index contributed by atoms with van der Waals surface area (Å²) in [5, 5.41) is 8.10. The van der Waals surface area contributed by atoms with Crippen molar-refractivity contribution in [2.45, 2.75) is 39.7 Å². The molecule has 2 aromatic rings. The fourth-order valence-electron chi connectivity index (χ4n) is 2.68. The molecule has 1 saturated heterocycles. The third-order valence-electron chi connectivity index (χ3n) is 4.03. The number of ether oxygens (including phenoxy) is 1. The second-order valence-corrected chi connectivity index (χ2v) is 6.33. The standard InChI is InChI=1S/C17H22N4O3/c1-10(2)15-19-20-16(24-15)14-9-21(7-8-23-14)17(22)13-6-5-11(3)18-12(13)4/h5-6,10,14H,7-9H2,1-4H3/t14-/m0/s1. The smallest absolute Gasteiger partial charge is 0.255 e. The second-order valence-electron chi connectivity index (χ2n) is 6.33. The zero-order valence-electron chi connectivity index (χ0n) is 14.4. The topological polar surface area (TPSA) is 81.4 Å². The zero-order chi connectivity index (χ0) is 17.3. The molecule has 3 rings (SSSR count). The van der Waals surface area contributed by atoms with Crippen LogP contribution in [0.4, 0.5) is 0 Å². The van der Waals surface area contributed by atoms with Crippen molar-refractivity contribution in [2.24, 2.45) is 0 Å². The normalized spacial score (nSPS) is 18.2. The summed E-state index contributed by atoms with van der Waals surface area (Å²) in [6.07, 6.45) is -0.388. The number of nitrogens with zero attached hydrogens (tertiary/aromatic N) is 4. The first-order valence-electron chi connectivity index (χ1n) is 8.14. The van der Waals surface area contributed by atoms with Gasteiger partial charge in [-0.1, -0.05) is 13.8 Å². The number of carbonyl (C=O) groups excluding carboxylic acids is 1. The molecule has 128 valence electrons. The highest BCUT2D eigenvalue weighted by Gasteiger charge is 2.30. The van der Waals surface area contributed by atoms with Gasteiger partial charge < -0.3 is 14.1 Å². The lowest BCUT2D eigenvalue weighted by Crippen LogP contribution is -2.42. The van der Waals surface area contributed by atoms with E-state index in [9.17, 15) is 4.79 Å². The molecule has 7 nitrogen and oxygen atoms in total. The Morgan fingerprint density at radius 3 is 2.75 bits per heavy atom. The van der Waals surface area contributed by atoms with Gasteiger partial charge in [0.25, 0.3) is 5.91 Å². The van der Waals surface area contributed by atoms with Crippen molar-refractivity contribution in [3.8, 4) is 0 Å². The number of amides is 1. The van der Waals surface area contributed by atoms with Crippen molar-refractivity contribution < 1.29 is 13.9 Å². The van der Waals surface area contributed by atoms with Gasteiger partial charge in [-0.25, -0.2) is 0 Å². The highest BCUT2D eigenvalue weighted by molar-refractivity contribution is 5.95. The Morgan fingerprint density at radius 2 is 2.08 bits per heavy atom. The predicted octanol–water partition coefficient (Wildman–Crippen LogP) is 2.42. The van der Waals surface area contributed by atoms with Gasteiger partial charge in [-0.2, -0.15) is 0 Å². The van der Waals surface area contributed by atoms with E-state index in [1.165, 1.54) is 0 Å². The molecule has 0 N–H and O–H groups in total. The lowest BCUT2D eigenvalue weighted by atomic mass is 10.1. The van der Waals surface area contributed by atoms with Gasteiger partial charge >= 0.3 is 0 Å². The number of carbonyl (C=O) groups is 1. The maximum atomic E-state index is 12.8. The third-order valence-corrected chi connectivity index (χ3v) is 4.03. The van der Waals surface area contributed by atoms with Crippen molar-refractivity contribution in [1.29, 1.82) is 0 Å². The molecule has 0 radical (unpaired) electrons. The van der Waals surface area contributed by atoms with Gasteiger partial charge in [0.05, 0.1) is 24.4 Å². The molecule has 0 bridgehead atoms. The monoisotopic (exact) mass is 330 g/mol. The second kappa shape index (κ2) is 6.68. The summed E-state index contributed by atoms with van der Waals surface area (Å²) >= 11 is 0. The first kappa shape index (κ1) is 16.6. The van der Waals surface area contributed by atoms with E-state index in [-0.39, 0.29) is 17.9 Å². The summed E-state index contributed by atoms with van der Waals surface area (Å²) < 4.78 is 11.4.